The van der Waals surface area contributed by atoms with E-state index in [1.54, 1.807) is 22.5 Å². The third-order valence-electron chi connectivity index (χ3n) is 5.00. The number of nitrogens with two attached hydrogens (primary N) is 1. The minimum atomic E-state index is -3.55. The second-order valence-corrected chi connectivity index (χ2v) is 8.36. The Bertz CT molecular complexity index is 692. The van der Waals surface area contributed by atoms with Gasteiger partial charge in [0, 0.05) is 24.7 Å². The molecule has 1 heterocycles. The highest BCUT2D eigenvalue weighted by Crippen LogP contribution is 2.37. The summed E-state index contributed by atoms with van der Waals surface area (Å²) < 4.78 is 27.2. The van der Waals surface area contributed by atoms with Gasteiger partial charge in [0.15, 0.2) is 5.78 Å². The van der Waals surface area contributed by atoms with E-state index in [1.807, 2.05) is 0 Å². The molecule has 5 nitrogen and oxygen atoms in total. The van der Waals surface area contributed by atoms with Gasteiger partial charge in [-0.05, 0) is 43.7 Å². The van der Waals surface area contributed by atoms with Crippen molar-refractivity contribution in [3.63, 3.8) is 0 Å². The topological polar surface area (TPSA) is 80.5 Å². The minimum Gasteiger partial charge on any atom is -0.327 e. The lowest BCUT2D eigenvalue weighted by molar-refractivity contribution is 0.101. The molecule has 3 rings (SSSR count). The van der Waals surface area contributed by atoms with Gasteiger partial charge in [-0.25, -0.2) is 8.42 Å². The van der Waals surface area contributed by atoms with Gasteiger partial charge in [-0.3, -0.25) is 4.79 Å². The number of nitrogens with zero attached hydrogens (tertiary/aromatic N) is 1. The van der Waals surface area contributed by atoms with Crippen molar-refractivity contribution in [3.8, 4) is 0 Å². The van der Waals surface area contributed by atoms with Gasteiger partial charge in [-0.1, -0.05) is 18.6 Å². The number of ketones is 1. The first-order valence-electron chi connectivity index (χ1n) is 7.76. The highest BCUT2D eigenvalue weighted by molar-refractivity contribution is 7.89. The predicted molar refractivity (Wildman–Crippen MR) is 91.3 cm³/mol. The van der Waals surface area contributed by atoms with Gasteiger partial charge >= 0.3 is 0 Å². The van der Waals surface area contributed by atoms with Crippen LogP contribution in [0, 0.1) is 11.8 Å². The summed E-state index contributed by atoms with van der Waals surface area (Å²) in [6, 6.07) is 6.39. The van der Waals surface area contributed by atoms with Crippen LogP contribution in [0.3, 0.4) is 0 Å². The molecule has 7 heteroatoms. The molecule has 0 amide bonds. The van der Waals surface area contributed by atoms with Crippen LogP contribution in [0.2, 0.25) is 0 Å². The van der Waals surface area contributed by atoms with Crippen LogP contribution in [0.5, 0.6) is 0 Å². The highest BCUT2D eigenvalue weighted by atomic mass is 35.5. The fraction of sp³-hybridized carbons (Fsp3) is 0.562. The molecular weight excluding hydrogens is 336 g/mol. The van der Waals surface area contributed by atoms with Crippen LogP contribution in [0.1, 0.15) is 36.5 Å². The first-order chi connectivity index (χ1) is 10.4. The lowest BCUT2D eigenvalue weighted by Crippen LogP contribution is -2.38. The number of rotatable bonds is 3. The number of hydrogen-bond acceptors (Lipinski definition) is 4. The molecule has 1 aliphatic heterocycles. The first-order valence-corrected chi connectivity index (χ1v) is 9.20. The second-order valence-electron chi connectivity index (χ2n) is 6.42. The maximum Gasteiger partial charge on any atom is 0.243 e. The molecule has 1 aromatic rings. The van der Waals surface area contributed by atoms with Crippen LogP contribution in [0.4, 0.5) is 0 Å². The van der Waals surface area contributed by atoms with Gasteiger partial charge in [0.2, 0.25) is 10.0 Å². The van der Waals surface area contributed by atoms with Gasteiger partial charge in [0.05, 0.1) is 4.90 Å². The third kappa shape index (κ3) is 3.45. The van der Waals surface area contributed by atoms with E-state index < -0.39 is 10.0 Å². The van der Waals surface area contributed by atoms with Crippen molar-refractivity contribution in [2.45, 2.75) is 37.1 Å². The zero-order valence-corrected chi connectivity index (χ0v) is 14.8. The molecule has 2 aliphatic rings. The second kappa shape index (κ2) is 6.89. The SMILES string of the molecule is CC(=O)c1cccc(S(=O)(=O)N2CC3CCCC(N)C3C2)c1.Cl. The summed E-state index contributed by atoms with van der Waals surface area (Å²) >= 11 is 0. The standard InChI is InChI=1S/C16H22N2O3S.ClH/c1-11(19)12-4-2-6-14(8-12)22(20,21)18-9-13-5-3-7-16(17)15(13)10-18;/h2,4,6,8,13,15-16H,3,5,7,9-10,17H2,1H3;1H. The van der Waals surface area contributed by atoms with Crippen LogP contribution >= 0.6 is 12.4 Å². The number of hydrogen-bond donors (Lipinski definition) is 1. The molecule has 1 aliphatic carbocycles. The number of halogens is 1. The van der Waals surface area contributed by atoms with Crippen molar-refractivity contribution >= 4 is 28.2 Å². The molecule has 2 N–H and O–H groups in total. The Hall–Kier alpha value is -0.950. The van der Waals surface area contributed by atoms with Crippen LogP contribution in [-0.2, 0) is 10.0 Å². The Morgan fingerprint density at radius 2 is 2.00 bits per heavy atom. The summed E-state index contributed by atoms with van der Waals surface area (Å²) in [4.78, 5) is 11.7. The smallest absolute Gasteiger partial charge is 0.243 e. The quantitative estimate of drug-likeness (QED) is 0.838. The lowest BCUT2D eigenvalue weighted by atomic mass is 9.78. The van der Waals surface area contributed by atoms with Crippen molar-refractivity contribution in [2.24, 2.45) is 17.6 Å². The number of benzene rings is 1. The zero-order chi connectivity index (χ0) is 15.9. The van der Waals surface area contributed by atoms with Crippen molar-refractivity contribution in [3.05, 3.63) is 29.8 Å². The molecule has 0 radical (unpaired) electrons. The van der Waals surface area contributed by atoms with Gasteiger partial charge in [-0.15, -0.1) is 12.4 Å². The highest BCUT2D eigenvalue weighted by Gasteiger charge is 2.43. The van der Waals surface area contributed by atoms with Gasteiger partial charge in [0.1, 0.15) is 0 Å². The molecule has 2 fully saturated rings. The van der Waals surface area contributed by atoms with E-state index in [-0.39, 0.29) is 35.0 Å². The first kappa shape index (κ1) is 18.4. The number of sulfonamides is 1. The van der Waals surface area contributed by atoms with E-state index in [4.69, 9.17) is 5.73 Å². The van der Waals surface area contributed by atoms with E-state index >= 15 is 0 Å². The van der Waals surface area contributed by atoms with Crippen LogP contribution < -0.4 is 5.73 Å². The van der Waals surface area contributed by atoms with Gasteiger partial charge in [0.25, 0.3) is 0 Å². The number of Topliss-reactive ketones (excluding diaryl/α,β-unsaturated/α-hetero) is 1. The molecule has 1 aromatic carbocycles. The van der Waals surface area contributed by atoms with E-state index in [0.29, 0.717) is 24.6 Å². The summed E-state index contributed by atoms with van der Waals surface area (Å²) in [6.45, 7) is 2.48. The minimum absolute atomic E-state index is 0. The zero-order valence-electron chi connectivity index (χ0n) is 13.1. The maximum absolute atomic E-state index is 12.8. The van der Waals surface area contributed by atoms with E-state index in [1.165, 1.54) is 13.0 Å². The molecule has 1 saturated carbocycles. The summed E-state index contributed by atoms with van der Waals surface area (Å²) in [7, 11) is -3.55. The average Bonchev–Trinajstić information content (AvgIpc) is 2.94. The monoisotopic (exact) mass is 358 g/mol. The molecule has 128 valence electrons. The van der Waals surface area contributed by atoms with Crippen molar-refractivity contribution in [1.82, 2.24) is 4.31 Å². The van der Waals surface area contributed by atoms with E-state index in [2.05, 4.69) is 0 Å². The molecule has 0 spiro atoms. The van der Waals surface area contributed by atoms with Crippen LogP contribution in [0.25, 0.3) is 0 Å². The van der Waals surface area contributed by atoms with Crippen molar-refractivity contribution in [2.75, 3.05) is 13.1 Å². The Labute approximate surface area is 143 Å². The third-order valence-corrected chi connectivity index (χ3v) is 6.83. The summed E-state index contributed by atoms with van der Waals surface area (Å²) in [5, 5.41) is 0. The van der Waals surface area contributed by atoms with Gasteiger partial charge in [-0.2, -0.15) is 4.31 Å². The number of fused-ring (bicyclic) bond motifs is 1. The Morgan fingerprint density at radius 3 is 2.65 bits per heavy atom. The molecule has 3 atom stereocenters. The predicted octanol–water partition coefficient (Wildman–Crippen LogP) is 2.06. The van der Waals surface area contributed by atoms with E-state index in [0.717, 1.165) is 19.3 Å². The largest absolute Gasteiger partial charge is 0.327 e. The lowest BCUT2D eigenvalue weighted by Gasteiger charge is -2.29. The molecule has 3 unspecified atom stereocenters. The Kier molecular flexibility index (Phi) is 5.51. The fourth-order valence-electron chi connectivity index (χ4n) is 3.70. The number of carbonyl (C=O) groups is 1. The Balaban J connectivity index is 0.00000192. The molecule has 23 heavy (non-hydrogen) atoms. The fourth-order valence-corrected chi connectivity index (χ4v) is 5.28. The summed E-state index contributed by atoms with van der Waals surface area (Å²) in [6.07, 6.45) is 3.11. The Morgan fingerprint density at radius 1 is 1.26 bits per heavy atom. The van der Waals surface area contributed by atoms with Crippen LogP contribution in [-0.4, -0.2) is 37.6 Å². The van der Waals surface area contributed by atoms with Crippen LogP contribution in [0.15, 0.2) is 29.2 Å². The normalized spacial score (nSPS) is 28.0. The van der Waals surface area contributed by atoms with Gasteiger partial charge < -0.3 is 5.73 Å². The van der Waals surface area contributed by atoms with Crippen molar-refractivity contribution < 1.29 is 13.2 Å². The number of carbonyl (C=O) groups excluding carboxylic acids is 1. The maximum atomic E-state index is 12.8. The molecule has 0 bridgehead atoms. The molecule has 1 saturated heterocycles. The average molecular weight is 359 g/mol. The molecule has 0 aromatic heterocycles. The van der Waals surface area contributed by atoms with E-state index in [9.17, 15) is 13.2 Å². The van der Waals surface area contributed by atoms with Crippen molar-refractivity contribution in [1.29, 1.82) is 0 Å². The summed E-state index contributed by atoms with van der Waals surface area (Å²) in [5.74, 6) is 0.503. The summed E-state index contributed by atoms with van der Waals surface area (Å²) in [5.41, 5.74) is 6.59. The molecular formula is C16H23ClN2O3S.